The summed E-state index contributed by atoms with van der Waals surface area (Å²) in [6.45, 7) is 6.57. The summed E-state index contributed by atoms with van der Waals surface area (Å²) in [5.74, 6) is 1.58. The highest BCUT2D eigenvalue weighted by Crippen LogP contribution is 2.30. The Bertz CT molecular complexity index is 584. The number of hydrogen-bond acceptors (Lipinski definition) is 3. The lowest BCUT2D eigenvalue weighted by atomic mass is 10.1. The van der Waals surface area contributed by atoms with E-state index in [9.17, 15) is 0 Å². The van der Waals surface area contributed by atoms with Crippen LogP contribution in [0, 0.1) is 0 Å². The van der Waals surface area contributed by atoms with Crippen molar-refractivity contribution in [3.63, 3.8) is 0 Å². The summed E-state index contributed by atoms with van der Waals surface area (Å²) < 4.78 is 3.36. The van der Waals surface area contributed by atoms with Gasteiger partial charge in [-0.2, -0.15) is 0 Å². The van der Waals surface area contributed by atoms with Gasteiger partial charge in [0.05, 0.1) is 0 Å². The van der Waals surface area contributed by atoms with Gasteiger partial charge in [0.2, 0.25) is 0 Å². The molecule has 0 saturated carbocycles. The summed E-state index contributed by atoms with van der Waals surface area (Å²) in [6.07, 6.45) is 4.18. The molecule has 1 saturated heterocycles. The maximum atomic E-state index is 4.80. The van der Waals surface area contributed by atoms with E-state index in [1.54, 1.807) is 0 Å². The smallest absolute Gasteiger partial charge is 0.160 e. The van der Waals surface area contributed by atoms with E-state index in [0.717, 1.165) is 47.4 Å². The predicted octanol–water partition coefficient (Wildman–Crippen LogP) is 3.24. The van der Waals surface area contributed by atoms with Crippen molar-refractivity contribution in [2.75, 3.05) is 13.1 Å². The second-order valence-electron chi connectivity index (χ2n) is 5.47. The average molecular weight is 323 g/mol. The van der Waals surface area contributed by atoms with E-state index >= 15 is 0 Å². The molecule has 0 amide bonds. The third kappa shape index (κ3) is 2.41. The molecule has 0 radical (unpaired) electrons. The van der Waals surface area contributed by atoms with E-state index in [2.05, 4.69) is 50.7 Å². The second kappa shape index (κ2) is 5.21. The van der Waals surface area contributed by atoms with Gasteiger partial charge in [-0.05, 0) is 47.9 Å². The molecular formula is C14H19BrN4. The van der Waals surface area contributed by atoms with E-state index in [-0.39, 0.29) is 0 Å². The summed E-state index contributed by atoms with van der Waals surface area (Å²) in [5.41, 5.74) is 2.02. The van der Waals surface area contributed by atoms with Crippen molar-refractivity contribution in [2.45, 2.75) is 38.6 Å². The zero-order chi connectivity index (χ0) is 13.4. The van der Waals surface area contributed by atoms with Gasteiger partial charge in [0, 0.05) is 22.6 Å². The monoisotopic (exact) mass is 322 g/mol. The zero-order valence-electron chi connectivity index (χ0n) is 11.4. The van der Waals surface area contributed by atoms with Gasteiger partial charge in [-0.15, -0.1) is 0 Å². The van der Waals surface area contributed by atoms with E-state index in [0.29, 0.717) is 12.0 Å². The molecule has 2 aromatic rings. The number of pyridine rings is 1. The van der Waals surface area contributed by atoms with E-state index in [1.807, 2.05) is 6.20 Å². The SMILES string of the molecule is CC(C)c1nc2cc(Br)cnc2n1C1CCNCC1. The first-order valence-electron chi connectivity index (χ1n) is 6.91. The van der Waals surface area contributed by atoms with Gasteiger partial charge in [-0.1, -0.05) is 13.8 Å². The minimum absolute atomic E-state index is 0.419. The van der Waals surface area contributed by atoms with Gasteiger partial charge < -0.3 is 9.88 Å². The molecule has 5 heteroatoms. The average Bonchev–Trinajstić information content (AvgIpc) is 2.78. The minimum Gasteiger partial charge on any atom is -0.317 e. The molecule has 4 nitrogen and oxygen atoms in total. The normalized spacial score (nSPS) is 17.5. The van der Waals surface area contributed by atoms with Crippen LogP contribution in [-0.4, -0.2) is 27.6 Å². The molecular weight excluding hydrogens is 304 g/mol. The number of aromatic nitrogens is 3. The molecule has 0 aliphatic carbocycles. The highest BCUT2D eigenvalue weighted by molar-refractivity contribution is 9.10. The molecule has 1 N–H and O–H groups in total. The third-order valence-corrected chi connectivity index (χ3v) is 4.15. The first-order chi connectivity index (χ1) is 9.16. The minimum atomic E-state index is 0.419. The number of piperidine rings is 1. The molecule has 0 atom stereocenters. The van der Waals surface area contributed by atoms with Crippen LogP contribution in [0.4, 0.5) is 0 Å². The predicted molar refractivity (Wildman–Crippen MR) is 80.5 cm³/mol. The van der Waals surface area contributed by atoms with Crippen molar-refractivity contribution in [1.82, 2.24) is 19.9 Å². The summed E-state index contributed by atoms with van der Waals surface area (Å²) in [6, 6.07) is 2.59. The lowest BCUT2D eigenvalue weighted by Gasteiger charge is -2.26. The van der Waals surface area contributed by atoms with E-state index < -0.39 is 0 Å². The molecule has 3 heterocycles. The molecule has 1 fully saturated rings. The fraction of sp³-hybridized carbons (Fsp3) is 0.571. The number of nitrogens with zero attached hydrogens (tertiary/aromatic N) is 3. The quantitative estimate of drug-likeness (QED) is 0.923. The first-order valence-corrected chi connectivity index (χ1v) is 7.70. The Morgan fingerprint density at radius 2 is 2.11 bits per heavy atom. The van der Waals surface area contributed by atoms with Crippen LogP contribution in [0.1, 0.15) is 44.5 Å². The van der Waals surface area contributed by atoms with Gasteiger partial charge in [-0.3, -0.25) is 0 Å². The Kier molecular flexibility index (Phi) is 3.58. The highest BCUT2D eigenvalue weighted by atomic mass is 79.9. The lowest BCUT2D eigenvalue weighted by Crippen LogP contribution is -2.30. The molecule has 0 unspecified atom stereocenters. The first kappa shape index (κ1) is 13.1. The van der Waals surface area contributed by atoms with Crippen LogP contribution >= 0.6 is 15.9 Å². The van der Waals surface area contributed by atoms with Crippen molar-refractivity contribution in [3.8, 4) is 0 Å². The Balaban J connectivity index is 2.15. The fourth-order valence-electron chi connectivity index (χ4n) is 2.81. The van der Waals surface area contributed by atoms with Crippen molar-refractivity contribution in [1.29, 1.82) is 0 Å². The number of halogens is 1. The van der Waals surface area contributed by atoms with Crippen molar-refractivity contribution in [2.24, 2.45) is 0 Å². The Labute approximate surface area is 121 Å². The van der Waals surface area contributed by atoms with Gasteiger partial charge in [0.25, 0.3) is 0 Å². The zero-order valence-corrected chi connectivity index (χ0v) is 12.9. The number of fused-ring (bicyclic) bond motifs is 1. The van der Waals surface area contributed by atoms with Crippen LogP contribution in [0.25, 0.3) is 11.2 Å². The van der Waals surface area contributed by atoms with Crippen molar-refractivity contribution in [3.05, 3.63) is 22.6 Å². The number of rotatable bonds is 2. The largest absolute Gasteiger partial charge is 0.317 e. The van der Waals surface area contributed by atoms with Crippen molar-refractivity contribution < 1.29 is 0 Å². The molecule has 2 aromatic heterocycles. The number of nitrogens with one attached hydrogen (secondary N) is 1. The van der Waals surface area contributed by atoms with Crippen molar-refractivity contribution >= 4 is 27.1 Å². The molecule has 0 aromatic carbocycles. The summed E-state index contributed by atoms with van der Waals surface area (Å²) >= 11 is 3.48. The molecule has 3 rings (SSSR count). The molecule has 102 valence electrons. The number of imidazole rings is 1. The third-order valence-electron chi connectivity index (χ3n) is 3.71. The maximum Gasteiger partial charge on any atom is 0.160 e. The molecule has 0 bridgehead atoms. The Hall–Kier alpha value is -0.940. The molecule has 1 aliphatic heterocycles. The van der Waals surface area contributed by atoms with Crippen LogP contribution in [0.5, 0.6) is 0 Å². The summed E-state index contributed by atoms with van der Waals surface area (Å²) in [7, 11) is 0. The summed E-state index contributed by atoms with van der Waals surface area (Å²) in [5, 5.41) is 3.42. The second-order valence-corrected chi connectivity index (χ2v) is 6.39. The van der Waals surface area contributed by atoms with Gasteiger partial charge in [0.15, 0.2) is 5.65 Å². The number of hydrogen-bond donors (Lipinski definition) is 1. The van der Waals surface area contributed by atoms with Gasteiger partial charge in [0.1, 0.15) is 11.3 Å². The fourth-order valence-corrected chi connectivity index (χ4v) is 3.13. The maximum absolute atomic E-state index is 4.80. The Morgan fingerprint density at radius 3 is 2.79 bits per heavy atom. The summed E-state index contributed by atoms with van der Waals surface area (Å²) in [4.78, 5) is 9.39. The van der Waals surface area contributed by atoms with Gasteiger partial charge in [-0.25, -0.2) is 9.97 Å². The molecule has 19 heavy (non-hydrogen) atoms. The molecule has 1 aliphatic rings. The Morgan fingerprint density at radius 1 is 1.37 bits per heavy atom. The van der Waals surface area contributed by atoms with Crippen LogP contribution in [0.15, 0.2) is 16.7 Å². The lowest BCUT2D eigenvalue weighted by molar-refractivity contribution is 0.362. The molecule has 0 spiro atoms. The van der Waals surface area contributed by atoms with Gasteiger partial charge >= 0.3 is 0 Å². The van der Waals surface area contributed by atoms with E-state index in [4.69, 9.17) is 4.98 Å². The van der Waals surface area contributed by atoms with Crippen LogP contribution in [0.3, 0.4) is 0 Å². The van der Waals surface area contributed by atoms with E-state index in [1.165, 1.54) is 0 Å². The van der Waals surface area contributed by atoms with Crippen LogP contribution in [0.2, 0.25) is 0 Å². The van der Waals surface area contributed by atoms with Crippen LogP contribution < -0.4 is 5.32 Å². The van der Waals surface area contributed by atoms with Crippen LogP contribution in [-0.2, 0) is 0 Å². The highest BCUT2D eigenvalue weighted by Gasteiger charge is 2.23. The topological polar surface area (TPSA) is 42.7 Å². The standard InChI is InChI=1S/C14H19BrN4/c1-9(2)13-18-12-7-10(15)8-17-14(12)19(13)11-3-5-16-6-4-11/h7-9,11,16H,3-6H2,1-2H3.